The highest BCUT2D eigenvalue weighted by molar-refractivity contribution is 5.80. The van der Waals surface area contributed by atoms with Crippen molar-refractivity contribution in [3.63, 3.8) is 0 Å². The van der Waals surface area contributed by atoms with E-state index in [2.05, 4.69) is 0 Å². The largest absolute Gasteiger partial charge is 0.469 e. The van der Waals surface area contributed by atoms with Crippen LogP contribution in [0.5, 0.6) is 0 Å². The van der Waals surface area contributed by atoms with E-state index in [4.69, 9.17) is 9.47 Å². The highest BCUT2D eigenvalue weighted by atomic mass is 16.6. The van der Waals surface area contributed by atoms with Crippen LogP contribution >= 0.6 is 0 Å². The van der Waals surface area contributed by atoms with Gasteiger partial charge in [0.15, 0.2) is 0 Å². The number of carbonyl (C=O) groups is 1. The molecule has 6 aliphatic rings. The molecule has 1 spiro atoms. The minimum absolute atomic E-state index is 0.0415. The fraction of sp³-hybridized carbons (Fsp3) is 0.947. The molecule has 5 saturated carbocycles. The zero-order chi connectivity index (χ0) is 15.9. The van der Waals surface area contributed by atoms with Crippen molar-refractivity contribution in [3.8, 4) is 0 Å². The van der Waals surface area contributed by atoms with Gasteiger partial charge in [-0.2, -0.15) is 0 Å². The molecule has 4 heteroatoms. The van der Waals surface area contributed by atoms with Crippen molar-refractivity contribution >= 4 is 5.97 Å². The number of rotatable bonds is 2. The maximum Gasteiger partial charge on any atom is 0.314 e. The minimum atomic E-state index is -0.509. The molecule has 1 saturated heterocycles. The predicted molar refractivity (Wildman–Crippen MR) is 83.6 cm³/mol. The van der Waals surface area contributed by atoms with Crippen LogP contribution in [-0.2, 0) is 14.3 Å². The summed E-state index contributed by atoms with van der Waals surface area (Å²) in [6.07, 6.45) is 9.65. The molecule has 0 radical (unpaired) electrons. The molecule has 0 aromatic rings. The average Bonchev–Trinajstić information content (AvgIpc) is 2.77. The van der Waals surface area contributed by atoms with Gasteiger partial charge in [-0.3, -0.25) is 4.79 Å². The van der Waals surface area contributed by atoms with Gasteiger partial charge in [-0.1, -0.05) is 0 Å². The lowest BCUT2D eigenvalue weighted by atomic mass is 9.43. The van der Waals surface area contributed by atoms with E-state index in [1.165, 1.54) is 39.2 Å². The highest BCUT2D eigenvalue weighted by Gasteiger charge is 2.77. The van der Waals surface area contributed by atoms with Gasteiger partial charge in [0.2, 0.25) is 0 Å². The minimum Gasteiger partial charge on any atom is -0.469 e. The summed E-state index contributed by atoms with van der Waals surface area (Å²) in [4.78, 5) is 13.0. The molecule has 2 atom stereocenters. The SMILES string of the molecule is COC(=O)[C@@]12CCC[C@@](CO)(C1)OC21C2CC3CC(C2)CC1C3. The maximum absolute atomic E-state index is 13.0. The Hall–Kier alpha value is -0.610. The van der Waals surface area contributed by atoms with E-state index in [1.807, 2.05) is 0 Å². The first-order chi connectivity index (χ1) is 11.1. The maximum atomic E-state index is 13.0. The van der Waals surface area contributed by atoms with E-state index in [0.717, 1.165) is 31.1 Å². The van der Waals surface area contributed by atoms with Crippen LogP contribution < -0.4 is 0 Å². The lowest BCUT2D eigenvalue weighted by Crippen LogP contribution is -2.66. The lowest BCUT2D eigenvalue weighted by molar-refractivity contribution is -0.251. The van der Waals surface area contributed by atoms with Crippen molar-refractivity contribution in [1.29, 1.82) is 0 Å². The number of carbonyl (C=O) groups excluding carboxylic acids is 1. The molecule has 0 amide bonds. The monoisotopic (exact) mass is 320 g/mol. The first-order valence-corrected chi connectivity index (χ1v) is 9.47. The Morgan fingerprint density at radius 2 is 1.78 bits per heavy atom. The Bertz CT molecular complexity index is 515. The zero-order valence-corrected chi connectivity index (χ0v) is 14.1. The van der Waals surface area contributed by atoms with Gasteiger partial charge in [0.1, 0.15) is 5.41 Å². The molecule has 0 unspecified atom stereocenters. The van der Waals surface area contributed by atoms with Crippen LogP contribution in [0.25, 0.3) is 0 Å². The molecule has 6 rings (SSSR count). The van der Waals surface area contributed by atoms with Gasteiger partial charge >= 0.3 is 5.97 Å². The Morgan fingerprint density at radius 3 is 2.35 bits per heavy atom. The summed E-state index contributed by atoms with van der Waals surface area (Å²) in [5.41, 5.74) is -1.36. The third kappa shape index (κ3) is 1.58. The molecule has 1 aliphatic heterocycles. The molecule has 6 bridgehead atoms. The molecular weight excluding hydrogens is 292 g/mol. The fourth-order valence-corrected chi connectivity index (χ4v) is 7.84. The third-order valence-electron chi connectivity index (χ3n) is 8.21. The van der Waals surface area contributed by atoms with Gasteiger partial charge in [0.05, 0.1) is 24.9 Å². The molecular formula is C19H28O4. The van der Waals surface area contributed by atoms with Gasteiger partial charge in [-0.25, -0.2) is 0 Å². The number of aliphatic hydroxyl groups excluding tert-OH is 1. The van der Waals surface area contributed by atoms with Crippen LogP contribution in [0.1, 0.15) is 57.8 Å². The second kappa shape index (κ2) is 4.51. The summed E-state index contributed by atoms with van der Waals surface area (Å²) in [6, 6.07) is 0. The smallest absolute Gasteiger partial charge is 0.314 e. The van der Waals surface area contributed by atoms with E-state index >= 15 is 0 Å². The summed E-state index contributed by atoms with van der Waals surface area (Å²) < 4.78 is 12.2. The van der Waals surface area contributed by atoms with Crippen LogP contribution in [0.4, 0.5) is 0 Å². The Balaban J connectivity index is 1.67. The summed E-state index contributed by atoms with van der Waals surface area (Å²) in [7, 11) is 1.52. The van der Waals surface area contributed by atoms with E-state index in [0.29, 0.717) is 18.3 Å². The summed E-state index contributed by atoms with van der Waals surface area (Å²) in [6.45, 7) is 0.0415. The molecule has 0 aromatic carbocycles. The number of aliphatic hydroxyl groups is 1. The molecule has 4 nitrogen and oxygen atoms in total. The second-order valence-electron chi connectivity index (χ2n) is 9.14. The van der Waals surface area contributed by atoms with Gasteiger partial charge in [-0.15, -0.1) is 0 Å². The molecule has 128 valence electrons. The van der Waals surface area contributed by atoms with Crippen molar-refractivity contribution in [1.82, 2.24) is 0 Å². The molecule has 0 aromatic heterocycles. The molecule has 1 N–H and O–H groups in total. The Morgan fingerprint density at radius 1 is 1.13 bits per heavy atom. The van der Waals surface area contributed by atoms with Crippen LogP contribution in [0.2, 0.25) is 0 Å². The predicted octanol–water partition coefficient (Wildman–Crippen LogP) is 2.68. The van der Waals surface area contributed by atoms with Crippen LogP contribution in [0, 0.1) is 29.1 Å². The molecule has 6 fully saturated rings. The second-order valence-corrected chi connectivity index (χ2v) is 9.14. The average molecular weight is 320 g/mol. The summed E-state index contributed by atoms with van der Waals surface area (Å²) in [5.74, 6) is 2.59. The van der Waals surface area contributed by atoms with E-state index in [-0.39, 0.29) is 18.2 Å². The van der Waals surface area contributed by atoms with Crippen LogP contribution in [-0.4, -0.2) is 36.0 Å². The number of methoxy groups -OCH3 is 1. The standard InChI is InChI=1S/C19H28O4/c1-22-16(21)18-4-2-3-17(10-18,11-20)23-19(18)14-6-12-5-13(8-14)9-15(19)7-12/h12-15,20H,2-11H2,1H3/t12?,13?,14?,15?,17-,18+,19?/m0/s1. The quantitative estimate of drug-likeness (QED) is 0.795. The number of hydrogen-bond acceptors (Lipinski definition) is 4. The van der Waals surface area contributed by atoms with E-state index < -0.39 is 11.0 Å². The Labute approximate surface area is 137 Å². The first-order valence-electron chi connectivity index (χ1n) is 9.47. The van der Waals surface area contributed by atoms with Crippen molar-refractivity contribution in [2.24, 2.45) is 29.1 Å². The van der Waals surface area contributed by atoms with Gasteiger partial charge < -0.3 is 14.6 Å². The molecule has 23 heavy (non-hydrogen) atoms. The zero-order valence-electron chi connectivity index (χ0n) is 14.1. The van der Waals surface area contributed by atoms with Crippen LogP contribution in [0.3, 0.4) is 0 Å². The lowest BCUT2D eigenvalue weighted by Gasteiger charge is -2.63. The Kier molecular flexibility index (Phi) is 2.89. The van der Waals surface area contributed by atoms with Crippen molar-refractivity contribution in [2.75, 3.05) is 13.7 Å². The molecule has 5 aliphatic carbocycles. The van der Waals surface area contributed by atoms with Gasteiger partial charge in [0, 0.05) is 0 Å². The van der Waals surface area contributed by atoms with Gasteiger partial charge in [0.25, 0.3) is 0 Å². The third-order valence-corrected chi connectivity index (χ3v) is 8.21. The highest BCUT2D eigenvalue weighted by Crippen LogP contribution is 2.72. The van der Waals surface area contributed by atoms with Crippen molar-refractivity contribution < 1.29 is 19.4 Å². The first kappa shape index (κ1) is 14.7. The van der Waals surface area contributed by atoms with E-state index in [9.17, 15) is 9.90 Å². The van der Waals surface area contributed by atoms with Crippen LogP contribution in [0.15, 0.2) is 0 Å². The van der Waals surface area contributed by atoms with E-state index in [1.54, 1.807) is 0 Å². The number of ether oxygens (including phenoxy) is 2. The fourth-order valence-electron chi connectivity index (χ4n) is 7.84. The summed E-state index contributed by atoms with van der Waals surface area (Å²) in [5, 5.41) is 10.1. The number of fused-ring (bicyclic) bond motifs is 2. The summed E-state index contributed by atoms with van der Waals surface area (Å²) >= 11 is 0. The molecule has 1 heterocycles. The normalized spacial score (nSPS) is 56.3. The topological polar surface area (TPSA) is 55.8 Å². The van der Waals surface area contributed by atoms with Crippen molar-refractivity contribution in [3.05, 3.63) is 0 Å². The van der Waals surface area contributed by atoms with Gasteiger partial charge in [-0.05, 0) is 81.5 Å². The van der Waals surface area contributed by atoms with Crippen molar-refractivity contribution in [2.45, 2.75) is 69.0 Å². The number of esters is 1. The number of hydrogen-bond donors (Lipinski definition) is 1.